The van der Waals surface area contributed by atoms with E-state index in [1.165, 1.54) is 0 Å². The molecule has 0 spiro atoms. The Morgan fingerprint density at radius 1 is 1.38 bits per heavy atom. The number of rotatable bonds is 0. The maximum Gasteiger partial charge on any atom is 0.0758 e. The summed E-state index contributed by atoms with van der Waals surface area (Å²) in [6.45, 7) is 0. The van der Waals surface area contributed by atoms with Crippen LogP contribution in [0.5, 0.6) is 0 Å². The lowest BCUT2D eigenvalue weighted by molar-refractivity contribution is 0.225. The van der Waals surface area contributed by atoms with Crippen molar-refractivity contribution in [2.45, 2.75) is 12.5 Å². The quantitative estimate of drug-likeness (QED) is 0.593. The molecule has 8 heavy (non-hydrogen) atoms. The average molecular weight is 177 g/mol. The Hall–Kier alpha value is -0.0800. The fourth-order valence-electron chi connectivity index (χ4n) is 0.568. The van der Waals surface area contributed by atoms with Crippen molar-refractivity contribution >= 4 is 17.0 Å². The van der Waals surface area contributed by atoms with Crippen molar-refractivity contribution in [3.05, 3.63) is 24.3 Å². The molecule has 0 aromatic carbocycles. The lowest BCUT2D eigenvalue weighted by atomic mass is 10.1. The van der Waals surface area contributed by atoms with E-state index >= 15 is 0 Å². The van der Waals surface area contributed by atoms with Gasteiger partial charge in [-0.25, -0.2) is 0 Å². The molecule has 1 unspecified atom stereocenters. The molecule has 2 heteroatoms. The van der Waals surface area contributed by atoms with Crippen LogP contribution in [0, 0.1) is 0 Å². The minimum absolute atomic E-state index is 0. The first-order valence-electron chi connectivity index (χ1n) is 2.41. The van der Waals surface area contributed by atoms with Gasteiger partial charge in [0.1, 0.15) is 0 Å². The SMILES string of the molecule is Br.OC1C=CC=CC1. The van der Waals surface area contributed by atoms with Gasteiger partial charge in [0.15, 0.2) is 0 Å². The fraction of sp³-hybridized carbons (Fsp3) is 0.333. The van der Waals surface area contributed by atoms with Crippen LogP contribution in [0.2, 0.25) is 0 Å². The zero-order valence-electron chi connectivity index (χ0n) is 4.45. The normalized spacial score (nSPS) is 24.9. The van der Waals surface area contributed by atoms with Crippen molar-refractivity contribution in [3.8, 4) is 0 Å². The third kappa shape index (κ3) is 2.28. The topological polar surface area (TPSA) is 20.2 Å². The van der Waals surface area contributed by atoms with Crippen molar-refractivity contribution in [2.24, 2.45) is 0 Å². The summed E-state index contributed by atoms with van der Waals surface area (Å²) in [4.78, 5) is 0. The Morgan fingerprint density at radius 3 is 2.38 bits per heavy atom. The molecule has 0 heterocycles. The maximum absolute atomic E-state index is 8.77. The molecule has 0 saturated heterocycles. The molecule has 1 N–H and O–H groups in total. The molecular formula is C6H9BrO. The predicted molar refractivity (Wildman–Crippen MR) is 39.2 cm³/mol. The third-order valence-corrected chi connectivity index (χ3v) is 0.958. The molecule has 1 nitrogen and oxygen atoms in total. The summed E-state index contributed by atoms with van der Waals surface area (Å²) >= 11 is 0. The molecule has 1 atom stereocenters. The van der Waals surface area contributed by atoms with E-state index in [1.807, 2.05) is 18.2 Å². The number of allylic oxidation sites excluding steroid dienone is 2. The van der Waals surface area contributed by atoms with E-state index in [1.54, 1.807) is 6.08 Å². The van der Waals surface area contributed by atoms with Gasteiger partial charge in [-0.2, -0.15) is 0 Å². The van der Waals surface area contributed by atoms with Crippen LogP contribution in [0.15, 0.2) is 24.3 Å². The van der Waals surface area contributed by atoms with E-state index in [-0.39, 0.29) is 23.1 Å². The van der Waals surface area contributed by atoms with Gasteiger partial charge in [-0.05, 0) is 6.42 Å². The Balaban J connectivity index is 0.000000490. The van der Waals surface area contributed by atoms with Crippen LogP contribution in [-0.4, -0.2) is 11.2 Å². The Kier molecular flexibility index (Phi) is 3.83. The van der Waals surface area contributed by atoms with E-state index in [9.17, 15) is 0 Å². The number of aliphatic hydroxyl groups excluding tert-OH is 1. The second-order valence-electron chi connectivity index (χ2n) is 1.62. The summed E-state index contributed by atoms with van der Waals surface area (Å²) in [7, 11) is 0. The van der Waals surface area contributed by atoms with Gasteiger partial charge >= 0.3 is 0 Å². The molecule has 1 aliphatic carbocycles. The van der Waals surface area contributed by atoms with Gasteiger partial charge in [0.2, 0.25) is 0 Å². The first kappa shape index (κ1) is 7.92. The van der Waals surface area contributed by atoms with Crippen LogP contribution in [-0.2, 0) is 0 Å². The minimum Gasteiger partial charge on any atom is -0.389 e. The van der Waals surface area contributed by atoms with Gasteiger partial charge in [0, 0.05) is 0 Å². The van der Waals surface area contributed by atoms with Crippen LogP contribution in [0.25, 0.3) is 0 Å². The summed E-state index contributed by atoms with van der Waals surface area (Å²) in [5.74, 6) is 0. The average Bonchev–Trinajstić information content (AvgIpc) is 1.69. The second-order valence-corrected chi connectivity index (χ2v) is 1.62. The first-order chi connectivity index (χ1) is 3.39. The summed E-state index contributed by atoms with van der Waals surface area (Å²) in [5, 5.41) is 8.77. The summed E-state index contributed by atoms with van der Waals surface area (Å²) in [6, 6.07) is 0. The third-order valence-electron chi connectivity index (χ3n) is 0.958. The van der Waals surface area contributed by atoms with Gasteiger partial charge in [-0.15, -0.1) is 17.0 Å². The molecule has 1 rings (SSSR count). The van der Waals surface area contributed by atoms with Gasteiger partial charge < -0.3 is 5.11 Å². The van der Waals surface area contributed by atoms with Crippen LogP contribution in [0.4, 0.5) is 0 Å². The molecule has 0 saturated carbocycles. The second kappa shape index (κ2) is 3.87. The Morgan fingerprint density at radius 2 is 2.12 bits per heavy atom. The van der Waals surface area contributed by atoms with E-state index < -0.39 is 0 Å². The number of hydrogen-bond donors (Lipinski definition) is 1. The fourth-order valence-corrected chi connectivity index (χ4v) is 0.568. The van der Waals surface area contributed by atoms with Crippen molar-refractivity contribution in [2.75, 3.05) is 0 Å². The van der Waals surface area contributed by atoms with Gasteiger partial charge in [0.05, 0.1) is 6.10 Å². The number of hydrogen-bond acceptors (Lipinski definition) is 1. The molecule has 46 valence electrons. The van der Waals surface area contributed by atoms with Crippen molar-refractivity contribution in [1.82, 2.24) is 0 Å². The molecule has 0 aromatic rings. The lowest BCUT2D eigenvalue weighted by Gasteiger charge is -2.01. The molecule has 0 fully saturated rings. The zero-order valence-corrected chi connectivity index (χ0v) is 6.16. The monoisotopic (exact) mass is 176 g/mol. The Labute approximate surface area is 59.5 Å². The van der Waals surface area contributed by atoms with Gasteiger partial charge in [-0.3, -0.25) is 0 Å². The molecule has 0 aromatic heterocycles. The lowest BCUT2D eigenvalue weighted by Crippen LogP contribution is -2.00. The molecule has 0 aliphatic heterocycles. The Bertz CT molecular complexity index is 107. The minimum atomic E-state index is -0.231. The van der Waals surface area contributed by atoms with E-state index in [4.69, 9.17) is 5.11 Å². The highest BCUT2D eigenvalue weighted by atomic mass is 79.9. The predicted octanol–water partition coefficient (Wildman–Crippen LogP) is 1.44. The standard InChI is InChI=1S/C6H8O.BrH/c7-6-4-2-1-3-5-6;/h1-4,6-7H,5H2;1H. The highest BCUT2D eigenvalue weighted by Gasteiger charge is 1.95. The van der Waals surface area contributed by atoms with Crippen LogP contribution < -0.4 is 0 Å². The highest BCUT2D eigenvalue weighted by molar-refractivity contribution is 8.93. The van der Waals surface area contributed by atoms with Gasteiger partial charge in [-0.1, -0.05) is 24.3 Å². The van der Waals surface area contributed by atoms with Crippen molar-refractivity contribution in [1.29, 1.82) is 0 Å². The smallest absolute Gasteiger partial charge is 0.0758 e. The number of halogens is 1. The summed E-state index contributed by atoms with van der Waals surface area (Å²) in [6.07, 6.45) is 8.06. The van der Waals surface area contributed by atoms with Crippen molar-refractivity contribution < 1.29 is 5.11 Å². The van der Waals surface area contributed by atoms with E-state index in [0.29, 0.717) is 0 Å². The molecule has 1 aliphatic rings. The summed E-state index contributed by atoms with van der Waals surface area (Å²) in [5.41, 5.74) is 0. The first-order valence-corrected chi connectivity index (χ1v) is 2.41. The summed E-state index contributed by atoms with van der Waals surface area (Å²) < 4.78 is 0. The van der Waals surface area contributed by atoms with Crippen LogP contribution in [0.3, 0.4) is 0 Å². The molecular weight excluding hydrogens is 168 g/mol. The van der Waals surface area contributed by atoms with E-state index in [0.717, 1.165) is 6.42 Å². The highest BCUT2D eigenvalue weighted by Crippen LogP contribution is 2.00. The van der Waals surface area contributed by atoms with Crippen LogP contribution >= 0.6 is 17.0 Å². The molecule has 0 amide bonds. The molecule has 0 bridgehead atoms. The number of aliphatic hydroxyl groups is 1. The van der Waals surface area contributed by atoms with Crippen molar-refractivity contribution in [3.63, 3.8) is 0 Å². The van der Waals surface area contributed by atoms with E-state index in [2.05, 4.69) is 0 Å². The maximum atomic E-state index is 8.77. The van der Waals surface area contributed by atoms with Crippen LogP contribution in [0.1, 0.15) is 6.42 Å². The zero-order chi connectivity index (χ0) is 5.11. The molecule has 0 radical (unpaired) electrons. The largest absolute Gasteiger partial charge is 0.389 e. The van der Waals surface area contributed by atoms with Gasteiger partial charge in [0.25, 0.3) is 0 Å².